The Labute approximate surface area is 228 Å². The third-order valence-corrected chi connectivity index (χ3v) is 6.89. The first-order chi connectivity index (χ1) is 18.8. The Morgan fingerprint density at radius 2 is 1.80 bits per heavy atom. The Bertz CT molecular complexity index is 1260. The molecule has 2 heterocycles. The van der Waals surface area contributed by atoms with Crippen LogP contribution in [0.25, 0.3) is 11.5 Å². The Kier molecular flexibility index (Phi) is 9.56. The van der Waals surface area contributed by atoms with Gasteiger partial charge in [-0.3, -0.25) is 14.8 Å². The summed E-state index contributed by atoms with van der Waals surface area (Å²) in [4.78, 5) is 26.7. The minimum Gasteiger partial charge on any atom is -0.465 e. The molecule has 218 valence electrons. The molecule has 0 bridgehead atoms. The van der Waals surface area contributed by atoms with Gasteiger partial charge in [0, 0.05) is 11.6 Å². The summed E-state index contributed by atoms with van der Waals surface area (Å²) < 4.78 is 44.8. The van der Waals surface area contributed by atoms with Crippen LogP contribution in [-0.4, -0.2) is 59.7 Å². The molecule has 0 aliphatic heterocycles. The molecule has 0 saturated carbocycles. The molecule has 11 nitrogen and oxygen atoms in total. The van der Waals surface area contributed by atoms with Crippen molar-refractivity contribution in [2.45, 2.75) is 77.7 Å². The lowest BCUT2D eigenvalue weighted by Gasteiger charge is -2.43. The van der Waals surface area contributed by atoms with Crippen molar-refractivity contribution >= 4 is 17.8 Å². The average Bonchev–Trinajstić information content (AvgIpc) is 3.60. The molecule has 3 aromatic rings. The van der Waals surface area contributed by atoms with Crippen molar-refractivity contribution in [2.24, 2.45) is 5.41 Å². The van der Waals surface area contributed by atoms with Crippen molar-refractivity contribution in [3.63, 3.8) is 0 Å². The lowest BCUT2D eigenvalue weighted by Crippen LogP contribution is -2.55. The van der Waals surface area contributed by atoms with Crippen LogP contribution in [0.15, 0.2) is 40.9 Å². The molecule has 2 aromatic heterocycles. The SMILES string of the molecule is CCCC[C@@H]([C@H](O)C(=O)Nc1ccn[nH]1)N(C(=O)O)C(c1nnc(-c2ccc(C(F)(F)F)cc2)o1)C(C)(C)CC. The summed E-state index contributed by atoms with van der Waals surface area (Å²) >= 11 is 0. The average molecular weight is 567 g/mol. The van der Waals surface area contributed by atoms with Gasteiger partial charge in [-0.05, 0) is 42.5 Å². The van der Waals surface area contributed by atoms with E-state index >= 15 is 0 Å². The predicted molar refractivity (Wildman–Crippen MR) is 138 cm³/mol. The van der Waals surface area contributed by atoms with Gasteiger partial charge in [-0.2, -0.15) is 18.3 Å². The number of carbonyl (C=O) groups excluding carboxylic acids is 1. The van der Waals surface area contributed by atoms with Crippen molar-refractivity contribution in [1.29, 1.82) is 0 Å². The minimum atomic E-state index is -4.52. The molecule has 0 radical (unpaired) electrons. The smallest absolute Gasteiger partial charge is 0.416 e. The van der Waals surface area contributed by atoms with Gasteiger partial charge in [0.15, 0.2) is 6.10 Å². The highest BCUT2D eigenvalue weighted by atomic mass is 19.4. The van der Waals surface area contributed by atoms with Gasteiger partial charge in [0.25, 0.3) is 5.91 Å². The van der Waals surface area contributed by atoms with Crippen LogP contribution in [0, 0.1) is 5.41 Å². The zero-order valence-electron chi connectivity index (χ0n) is 22.6. The van der Waals surface area contributed by atoms with Crippen LogP contribution < -0.4 is 5.32 Å². The molecule has 0 fully saturated rings. The van der Waals surface area contributed by atoms with Crippen LogP contribution in [0.2, 0.25) is 0 Å². The number of aliphatic hydroxyl groups is 1. The number of hydrogen-bond donors (Lipinski definition) is 4. The lowest BCUT2D eigenvalue weighted by atomic mass is 9.79. The van der Waals surface area contributed by atoms with E-state index < -0.39 is 47.3 Å². The Morgan fingerprint density at radius 1 is 1.12 bits per heavy atom. The van der Waals surface area contributed by atoms with Crippen molar-refractivity contribution < 1.29 is 37.4 Å². The van der Waals surface area contributed by atoms with Gasteiger partial charge in [-0.1, -0.05) is 40.5 Å². The largest absolute Gasteiger partial charge is 0.465 e. The molecule has 2 amide bonds. The van der Waals surface area contributed by atoms with Crippen LogP contribution in [0.1, 0.15) is 70.9 Å². The van der Waals surface area contributed by atoms with Crippen molar-refractivity contribution in [2.75, 3.05) is 5.32 Å². The summed E-state index contributed by atoms with van der Waals surface area (Å²) in [6, 6.07) is 3.30. The summed E-state index contributed by atoms with van der Waals surface area (Å²) in [5.41, 5.74) is -1.46. The normalized spacial score (nSPS) is 14.4. The number of alkyl halides is 3. The Hall–Kier alpha value is -3.94. The zero-order chi connectivity index (χ0) is 29.7. The fraction of sp³-hybridized carbons (Fsp3) is 0.500. The molecule has 0 aliphatic rings. The highest BCUT2D eigenvalue weighted by molar-refractivity contribution is 5.94. The number of halogens is 3. The monoisotopic (exact) mass is 566 g/mol. The van der Waals surface area contributed by atoms with Crippen molar-refractivity contribution in [3.05, 3.63) is 48.0 Å². The number of H-pyrrole nitrogens is 1. The number of carbonyl (C=O) groups is 2. The maximum Gasteiger partial charge on any atom is 0.416 e. The molecule has 0 aliphatic carbocycles. The first-order valence-electron chi connectivity index (χ1n) is 12.8. The van der Waals surface area contributed by atoms with Gasteiger partial charge in [-0.25, -0.2) is 4.79 Å². The molecule has 0 saturated heterocycles. The number of nitrogens with zero attached hydrogens (tertiary/aromatic N) is 4. The molecular weight excluding hydrogens is 533 g/mol. The quantitative estimate of drug-likeness (QED) is 0.224. The van der Waals surface area contributed by atoms with Crippen LogP contribution >= 0.6 is 0 Å². The van der Waals surface area contributed by atoms with E-state index in [9.17, 15) is 33.0 Å². The number of hydrogen-bond acceptors (Lipinski definition) is 7. The number of amides is 2. The predicted octanol–water partition coefficient (Wildman–Crippen LogP) is 5.49. The molecule has 1 aromatic carbocycles. The summed E-state index contributed by atoms with van der Waals surface area (Å²) in [6.07, 6.45) is -4.54. The standard InChI is InChI=1S/C26H33F3N6O5/c1-5-7-8-17(19(36)21(37)31-18-13-14-30-32-18)35(24(38)39)20(25(3,4)6-2)23-34-33-22(40-23)15-9-11-16(12-10-15)26(27,28)29/h9-14,17,19-20,36H,5-8H2,1-4H3,(H,38,39)(H2,30,31,32,37)/t17-,19-,20?/m0/s1. The molecule has 0 spiro atoms. The summed E-state index contributed by atoms with van der Waals surface area (Å²) in [6.45, 7) is 7.29. The summed E-state index contributed by atoms with van der Waals surface area (Å²) in [7, 11) is 0. The summed E-state index contributed by atoms with van der Waals surface area (Å²) in [5.74, 6) is -0.829. The van der Waals surface area contributed by atoms with E-state index in [2.05, 4.69) is 25.7 Å². The molecule has 3 rings (SSSR count). The van der Waals surface area contributed by atoms with Gasteiger partial charge < -0.3 is 19.9 Å². The number of nitrogens with one attached hydrogen (secondary N) is 2. The van der Waals surface area contributed by atoms with E-state index in [1.165, 1.54) is 24.4 Å². The Balaban J connectivity index is 2.03. The van der Waals surface area contributed by atoms with Crippen LogP contribution in [0.4, 0.5) is 23.8 Å². The molecule has 4 N–H and O–H groups in total. The number of aromatic amines is 1. The first kappa shape index (κ1) is 30.6. The maximum atomic E-state index is 13.0. The minimum absolute atomic E-state index is 0.103. The topological polar surface area (TPSA) is 157 Å². The number of rotatable bonds is 12. The third kappa shape index (κ3) is 6.97. The van der Waals surface area contributed by atoms with E-state index in [1.54, 1.807) is 13.8 Å². The number of aliphatic hydroxyl groups excluding tert-OH is 1. The highest BCUT2D eigenvalue weighted by Gasteiger charge is 2.46. The lowest BCUT2D eigenvalue weighted by molar-refractivity contribution is -0.137. The van der Waals surface area contributed by atoms with E-state index in [0.717, 1.165) is 17.0 Å². The van der Waals surface area contributed by atoms with Gasteiger partial charge >= 0.3 is 12.3 Å². The number of aromatic nitrogens is 4. The molecule has 1 unspecified atom stereocenters. The molecular formula is C26H33F3N6O5. The first-order valence-corrected chi connectivity index (χ1v) is 12.8. The van der Waals surface area contributed by atoms with E-state index in [4.69, 9.17) is 4.42 Å². The fourth-order valence-electron chi connectivity index (χ4n) is 4.30. The maximum absolute atomic E-state index is 13.0. The number of anilines is 1. The van der Waals surface area contributed by atoms with Gasteiger partial charge in [0.05, 0.1) is 17.8 Å². The molecule has 40 heavy (non-hydrogen) atoms. The van der Waals surface area contributed by atoms with E-state index in [1.807, 2.05) is 13.8 Å². The zero-order valence-corrected chi connectivity index (χ0v) is 22.6. The third-order valence-electron chi connectivity index (χ3n) is 6.89. The second kappa shape index (κ2) is 12.5. The number of unbranched alkanes of at least 4 members (excludes halogenated alkanes) is 1. The molecule has 3 atom stereocenters. The van der Waals surface area contributed by atoms with Crippen LogP contribution in [-0.2, 0) is 11.0 Å². The summed E-state index contributed by atoms with van der Waals surface area (Å²) in [5, 5.41) is 38.4. The fourth-order valence-corrected chi connectivity index (χ4v) is 4.30. The van der Waals surface area contributed by atoms with E-state index in [-0.39, 0.29) is 29.6 Å². The van der Waals surface area contributed by atoms with Crippen molar-refractivity contribution in [1.82, 2.24) is 25.3 Å². The number of carboxylic acid groups (broad SMARTS) is 1. The second-order valence-electron chi connectivity index (χ2n) is 10.1. The van der Waals surface area contributed by atoms with Crippen LogP contribution in [0.5, 0.6) is 0 Å². The van der Waals surface area contributed by atoms with Gasteiger partial charge in [0.1, 0.15) is 11.9 Å². The van der Waals surface area contributed by atoms with Crippen molar-refractivity contribution in [3.8, 4) is 11.5 Å². The second-order valence-corrected chi connectivity index (χ2v) is 10.1. The van der Waals surface area contributed by atoms with Gasteiger partial charge in [0.2, 0.25) is 11.8 Å². The van der Waals surface area contributed by atoms with Gasteiger partial charge in [-0.15, -0.1) is 10.2 Å². The highest BCUT2D eigenvalue weighted by Crippen LogP contribution is 2.43. The molecule has 14 heteroatoms. The number of benzene rings is 1. The van der Waals surface area contributed by atoms with Crippen LogP contribution in [0.3, 0.4) is 0 Å². The Morgan fingerprint density at radius 3 is 2.33 bits per heavy atom. The van der Waals surface area contributed by atoms with E-state index in [0.29, 0.717) is 19.3 Å².